The third-order valence-electron chi connectivity index (χ3n) is 4.88. The molecule has 4 rings (SSSR count). The lowest BCUT2D eigenvalue weighted by atomic mass is 10.0. The number of nitrogens with one attached hydrogen (secondary N) is 1. The molecule has 0 saturated carbocycles. The lowest BCUT2D eigenvalue weighted by Gasteiger charge is -2.16. The number of nitrogens with two attached hydrogens (primary N) is 1. The molecule has 2 aromatic carbocycles. The van der Waals surface area contributed by atoms with Gasteiger partial charge in [0.2, 0.25) is 0 Å². The van der Waals surface area contributed by atoms with Crippen LogP contribution in [0.4, 0.5) is 17.1 Å². The van der Waals surface area contributed by atoms with Crippen LogP contribution in [0.5, 0.6) is 5.75 Å². The predicted molar refractivity (Wildman–Crippen MR) is 120 cm³/mol. The van der Waals surface area contributed by atoms with Crippen LogP contribution in [0.2, 0.25) is 5.02 Å². The standard InChI is InChI=1S/C22H21ClN6O/c1-4-18-15(10-24)22(14-8-17(25)20(30-5-2)9-19(14)27-18)26-13-6-12-11-29(3)28-21(12)16(23)7-13/h6-9,11H,4-5,25H2,1-3H3,(H,26,27). The van der Waals surface area contributed by atoms with Crippen LogP contribution in [0.15, 0.2) is 30.5 Å². The number of ether oxygens (including phenoxy) is 1. The number of nitrogens with zero attached hydrogens (tertiary/aromatic N) is 4. The van der Waals surface area contributed by atoms with Crippen LogP contribution in [0.1, 0.15) is 25.1 Å². The lowest BCUT2D eigenvalue weighted by molar-refractivity contribution is 0.342. The summed E-state index contributed by atoms with van der Waals surface area (Å²) in [5, 5.41) is 19.8. The summed E-state index contributed by atoms with van der Waals surface area (Å²) in [6.07, 6.45) is 2.51. The normalized spacial score (nSPS) is 11.0. The molecule has 0 fully saturated rings. The van der Waals surface area contributed by atoms with E-state index in [4.69, 9.17) is 22.1 Å². The van der Waals surface area contributed by atoms with Crippen LogP contribution >= 0.6 is 11.6 Å². The molecule has 0 aliphatic heterocycles. The van der Waals surface area contributed by atoms with Crippen molar-refractivity contribution in [3.63, 3.8) is 0 Å². The minimum atomic E-state index is 0.482. The van der Waals surface area contributed by atoms with Crippen molar-refractivity contribution in [2.75, 3.05) is 17.7 Å². The van der Waals surface area contributed by atoms with Gasteiger partial charge in [0.25, 0.3) is 0 Å². The molecule has 4 aromatic rings. The Bertz CT molecular complexity index is 1320. The maximum absolute atomic E-state index is 9.88. The van der Waals surface area contributed by atoms with Gasteiger partial charge in [-0.3, -0.25) is 9.67 Å². The molecule has 8 heteroatoms. The van der Waals surface area contributed by atoms with Crippen molar-refractivity contribution >= 4 is 50.5 Å². The van der Waals surface area contributed by atoms with Gasteiger partial charge in [0.15, 0.2) is 0 Å². The molecule has 0 saturated heterocycles. The number of hydrogen-bond acceptors (Lipinski definition) is 6. The zero-order valence-electron chi connectivity index (χ0n) is 17.0. The van der Waals surface area contributed by atoms with Gasteiger partial charge in [-0.1, -0.05) is 18.5 Å². The number of halogens is 1. The number of anilines is 3. The summed E-state index contributed by atoms with van der Waals surface area (Å²) in [5.74, 6) is 0.579. The number of rotatable bonds is 5. The van der Waals surface area contributed by atoms with Crippen molar-refractivity contribution in [3.05, 3.63) is 46.7 Å². The number of pyridine rings is 1. The number of aromatic nitrogens is 3. The molecule has 3 N–H and O–H groups in total. The average molecular weight is 421 g/mol. The first-order valence-electron chi connectivity index (χ1n) is 9.64. The number of aryl methyl sites for hydroxylation is 2. The minimum Gasteiger partial charge on any atom is -0.492 e. The fourth-order valence-corrected chi connectivity index (χ4v) is 3.84. The van der Waals surface area contributed by atoms with E-state index in [9.17, 15) is 5.26 Å². The predicted octanol–water partition coefficient (Wildman–Crippen LogP) is 4.93. The first kappa shape index (κ1) is 19.8. The summed E-state index contributed by atoms with van der Waals surface area (Å²) in [7, 11) is 1.85. The molecule has 0 bridgehead atoms. The van der Waals surface area contributed by atoms with Gasteiger partial charge in [-0.25, -0.2) is 0 Å². The number of fused-ring (bicyclic) bond motifs is 2. The molecule has 0 radical (unpaired) electrons. The SMILES string of the molecule is CCOc1cc2nc(CC)c(C#N)c(Nc3cc(Cl)c4nn(C)cc4c3)c2cc1N. The summed E-state index contributed by atoms with van der Waals surface area (Å²) in [6, 6.07) is 9.65. The van der Waals surface area contributed by atoms with E-state index in [2.05, 4.69) is 21.5 Å². The molecule has 0 atom stereocenters. The maximum Gasteiger partial charge on any atom is 0.144 e. The van der Waals surface area contributed by atoms with E-state index in [0.29, 0.717) is 51.9 Å². The van der Waals surface area contributed by atoms with Gasteiger partial charge in [0.1, 0.15) is 17.3 Å². The van der Waals surface area contributed by atoms with Gasteiger partial charge in [0, 0.05) is 35.8 Å². The molecule has 7 nitrogen and oxygen atoms in total. The van der Waals surface area contributed by atoms with Gasteiger partial charge < -0.3 is 15.8 Å². The van der Waals surface area contributed by atoms with Gasteiger partial charge in [0.05, 0.1) is 39.8 Å². The Balaban J connectivity index is 1.94. The van der Waals surface area contributed by atoms with Crippen molar-refractivity contribution in [1.29, 1.82) is 5.26 Å². The summed E-state index contributed by atoms with van der Waals surface area (Å²) < 4.78 is 7.34. The fourth-order valence-electron chi connectivity index (χ4n) is 3.57. The van der Waals surface area contributed by atoms with Crippen LogP contribution in [-0.2, 0) is 13.5 Å². The second-order valence-corrected chi connectivity index (χ2v) is 7.34. The number of benzene rings is 2. The Morgan fingerprint density at radius 1 is 1.27 bits per heavy atom. The van der Waals surface area contributed by atoms with Crippen LogP contribution < -0.4 is 15.8 Å². The van der Waals surface area contributed by atoms with Crippen molar-refractivity contribution < 1.29 is 4.74 Å². The van der Waals surface area contributed by atoms with Crippen LogP contribution in [0.3, 0.4) is 0 Å². The van der Waals surface area contributed by atoms with E-state index >= 15 is 0 Å². The molecule has 0 aliphatic carbocycles. The maximum atomic E-state index is 9.88. The average Bonchev–Trinajstić information content (AvgIpc) is 3.09. The van der Waals surface area contributed by atoms with Gasteiger partial charge in [-0.05, 0) is 31.5 Å². The molecular formula is C22H21ClN6O. The van der Waals surface area contributed by atoms with Crippen LogP contribution in [-0.4, -0.2) is 21.4 Å². The van der Waals surface area contributed by atoms with Gasteiger partial charge in [-0.15, -0.1) is 0 Å². The third kappa shape index (κ3) is 3.36. The summed E-state index contributed by atoms with van der Waals surface area (Å²) in [4.78, 5) is 4.68. The summed E-state index contributed by atoms with van der Waals surface area (Å²) in [6.45, 7) is 4.37. The van der Waals surface area contributed by atoms with E-state index in [1.807, 2.05) is 39.2 Å². The second kappa shape index (κ2) is 7.73. The zero-order valence-corrected chi connectivity index (χ0v) is 17.7. The largest absolute Gasteiger partial charge is 0.492 e. The highest BCUT2D eigenvalue weighted by molar-refractivity contribution is 6.35. The van der Waals surface area contributed by atoms with E-state index in [1.54, 1.807) is 16.8 Å². The Morgan fingerprint density at radius 2 is 2.07 bits per heavy atom. The fraction of sp³-hybridized carbons (Fsp3) is 0.227. The van der Waals surface area contributed by atoms with Crippen molar-refractivity contribution in [1.82, 2.24) is 14.8 Å². The molecule has 2 aromatic heterocycles. The van der Waals surface area contributed by atoms with E-state index in [0.717, 1.165) is 22.0 Å². The van der Waals surface area contributed by atoms with Crippen LogP contribution in [0, 0.1) is 11.3 Å². The molecule has 0 unspecified atom stereocenters. The topological polar surface area (TPSA) is 102 Å². The Morgan fingerprint density at radius 3 is 2.77 bits per heavy atom. The number of nitrogen functional groups attached to an aromatic ring is 1. The minimum absolute atomic E-state index is 0.482. The molecule has 0 spiro atoms. The smallest absolute Gasteiger partial charge is 0.144 e. The number of hydrogen-bond donors (Lipinski definition) is 2. The van der Waals surface area contributed by atoms with Crippen molar-refractivity contribution in [3.8, 4) is 11.8 Å². The van der Waals surface area contributed by atoms with E-state index in [1.165, 1.54) is 0 Å². The zero-order chi connectivity index (χ0) is 21.4. The lowest BCUT2D eigenvalue weighted by Crippen LogP contribution is -2.04. The van der Waals surface area contributed by atoms with Gasteiger partial charge in [-0.2, -0.15) is 10.4 Å². The summed E-state index contributed by atoms with van der Waals surface area (Å²) in [5.41, 5.74) is 10.7. The Labute approximate surface area is 179 Å². The third-order valence-corrected chi connectivity index (χ3v) is 5.17. The quantitative estimate of drug-likeness (QED) is 0.443. The first-order chi connectivity index (χ1) is 14.4. The highest BCUT2D eigenvalue weighted by Gasteiger charge is 2.17. The molecule has 0 aliphatic rings. The van der Waals surface area contributed by atoms with Crippen molar-refractivity contribution in [2.45, 2.75) is 20.3 Å². The van der Waals surface area contributed by atoms with Crippen LogP contribution in [0.25, 0.3) is 21.8 Å². The number of nitriles is 1. The highest BCUT2D eigenvalue weighted by atomic mass is 35.5. The van der Waals surface area contributed by atoms with E-state index < -0.39 is 0 Å². The molecule has 152 valence electrons. The highest BCUT2D eigenvalue weighted by Crippen LogP contribution is 2.37. The van der Waals surface area contributed by atoms with Gasteiger partial charge >= 0.3 is 0 Å². The molecule has 30 heavy (non-hydrogen) atoms. The monoisotopic (exact) mass is 420 g/mol. The second-order valence-electron chi connectivity index (χ2n) is 6.94. The molecule has 0 amide bonds. The van der Waals surface area contributed by atoms with E-state index in [-0.39, 0.29) is 0 Å². The molecule has 2 heterocycles. The molecular weight excluding hydrogens is 400 g/mol. The Hall–Kier alpha value is -3.50. The first-order valence-corrected chi connectivity index (χ1v) is 10.0. The summed E-state index contributed by atoms with van der Waals surface area (Å²) >= 11 is 6.44. The van der Waals surface area contributed by atoms with Crippen molar-refractivity contribution in [2.24, 2.45) is 7.05 Å². The Kier molecular flexibility index (Phi) is 5.10.